The van der Waals surface area contributed by atoms with Gasteiger partial charge in [-0.15, -0.1) is 0 Å². The normalized spacial score (nSPS) is 39.0. The first-order chi connectivity index (χ1) is 5.20. The van der Waals surface area contributed by atoms with Gasteiger partial charge in [0.05, 0.1) is 5.60 Å². The number of hydrogen-bond donors (Lipinski definition) is 2. The Kier molecular flexibility index (Phi) is 2.90. The van der Waals surface area contributed by atoms with Gasteiger partial charge in [0.25, 0.3) is 0 Å². The van der Waals surface area contributed by atoms with Gasteiger partial charge in [-0.1, -0.05) is 26.2 Å². The molecule has 0 radical (unpaired) electrons. The molecule has 0 aromatic heterocycles. The van der Waals surface area contributed by atoms with Gasteiger partial charge in [-0.25, -0.2) is 0 Å². The fourth-order valence-electron chi connectivity index (χ4n) is 2.00. The fourth-order valence-corrected chi connectivity index (χ4v) is 2.00. The molecule has 0 heterocycles. The molecule has 2 heteroatoms. The van der Waals surface area contributed by atoms with Gasteiger partial charge in [0.1, 0.15) is 0 Å². The van der Waals surface area contributed by atoms with Crippen LogP contribution >= 0.6 is 0 Å². The minimum absolute atomic E-state index is 0.434. The summed E-state index contributed by atoms with van der Waals surface area (Å²) in [6, 6.07) is 0. The second kappa shape index (κ2) is 3.55. The van der Waals surface area contributed by atoms with Gasteiger partial charge in [0.15, 0.2) is 0 Å². The molecule has 1 saturated carbocycles. The average molecular weight is 157 g/mol. The summed E-state index contributed by atoms with van der Waals surface area (Å²) in [6.45, 7) is 2.62. The first kappa shape index (κ1) is 9.01. The van der Waals surface area contributed by atoms with Gasteiger partial charge in [-0.2, -0.15) is 0 Å². The van der Waals surface area contributed by atoms with E-state index in [1.807, 2.05) is 0 Å². The quantitative estimate of drug-likeness (QED) is 0.634. The smallest absolute Gasteiger partial charge is 0.0772 e. The zero-order valence-electron chi connectivity index (χ0n) is 7.34. The van der Waals surface area contributed by atoms with Gasteiger partial charge in [0.2, 0.25) is 0 Å². The molecule has 1 aliphatic carbocycles. The summed E-state index contributed by atoms with van der Waals surface area (Å²) >= 11 is 0. The molecule has 1 fully saturated rings. The van der Waals surface area contributed by atoms with Crippen molar-refractivity contribution >= 4 is 0 Å². The van der Waals surface area contributed by atoms with E-state index in [0.717, 1.165) is 19.3 Å². The van der Waals surface area contributed by atoms with Crippen LogP contribution in [0.5, 0.6) is 0 Å². The van der Waals surface area contributed by atoms with Crippen molar-refractivity contribution in [2.75, 3.05) is 6.54 Å². The van der Waals surface area contributed by atoms with Gasteiger partial charge in [0, 0.05) is 6.54 Å². The summed E-state index contributed by atoms with van der Waals surface area (Å²) in [7, 11) is 0. The second-order valence-corrected chi connectivity index (χ2v) is 3.80. The lowest BCUT2D eigenvalue weighted by atomic mass is 9.77. The molecule has 2 nitrogen and oxygen atoms in total. The van der Waals surface area contributed by atoms with E-state index in [-0.39, 0.29) is 0 Å². The summed E-state index contributed by atoms with van der Waals surface area (Å²) in [5.74, 6) is 0.706. The standard InChI is InChI=1S/C9H19NO/c1-2-8-4-3-5-9(11,6-8)7-10/h8,11H,2-7,10H2,1H3/t8-,9+/m0/s1. The van der Waals surface area contributed by atoms with Gasteiger partial charge >= 0.3 is 0 Å². The highest BCUT2D eigenvalue weighted by molar-refractivity contribution is 4.86. The third-order valence-electron chi connectivity index (χ3n) is 2.88. The molecule has 0 bridgehead atoms. The highest BCUT2D eigenvalue weighted by atomic mass is 16.3. The summed E-state index contributed by atoms with van der Waals surface area (Å²) in [5.41, 5.74) is 4.98. The summed E-state index contributed by atoms with van der Waals surface area (Å²) in [5, 5.41) is 9.86. The van der Waals surface area contributed by atoms with Crippen LogP contribution in [0.2, 0.25) is 0 Å². The van der Waals surface area contributed by atoms with Crippen molar-refractivity contribution < 1.29 is 5.11 Å². The van der Waals surface area contributed by atoms with Crippen LogP contribution in [0.25, 0.3) is 0 Å². The Bertz CT molecular complexity index is 127. The maximum absolute atomic E-state index is 9.86. The Morgan fingerprint density at radius 1 is 1.64 bits per heavy atom. The molecule has 0 aromatic carbocycles. The van der Waals surface area contributed by atoms with Crippen LogP contribution < -0.4 is 5.73 Å². The Hall–Kier alpha value is -0.0800. The Morgan fingerprint density at radius 3 is 2.91 bits per heavy atom. The molecule has 0 amide bonds. The number of hydrogen-bond acceptors (Lipinski definition) is 2. The molecule has 0 aliphatic heterocycles. The van der Waals surface area contributed by atoms with E-state index in [4.69, 9.17) is 5.73 Å². The minimum atomic E-state index is -0.529. The van der Waals surface area contributed by atoms with Crippen LogP contribution in [0.3, 0.4) is 0 Å². The highest BCUT2D eigenvalue weighted by Gasteiger charge is 2.31. The molecule has 0 spiro atoms. The van der Waals surface area contributed by atoms with Crippen molar-refractivity contribution in [3.05, 3.63) is 0 Å². The van der Waals surface area contributed by atoms with Crippen molar-refractivity contribution in [1.82, 2.24) is 0 Å². The highest BCUT2D eigenvalue weighted by Crippen LogP contribution is 2.33. The number of aliphatic hydroxyl groups is 1. The lowest BCUT2D eigenvalue weighted by Crippen LogP contribution is -2.42. The topological polar surface area (TPSA) is 46.2 Å². The predicted molar refractivity (Wildman–Crippen MR) is 46.3 cm³/mol. The lowest BCUT2D eigenvalue weighted by Gasteiger charge is -2.35. The van der Waals surface area contributed by atoms with Crippen molar-refractivity contribution in [3.8, 4) is 0 Å². The zero-order valence-corrected chi connectivity index (χ0v) is 7.34. The number of nitrogens with two attached hydrogens (primary N) is 1. The van der Waals surface area contributed by atoms with Gasteiger partial charge < -0.3 is 10.8 Å². The number of rotatable bonds is 2. The van der Waals surface area contributed by atoms with Crippen LogP contribution in [0.1, 0.15) is 39.0 Å². The molecule has 1 aliphatic rings. The molecule has 66 valence electrons. The summed E-state index contributed by atoms with van der Waals surface area (Å²) in [6.07, 6.45) is 5.42. The molecular weight excluding hydrogens is 138 g/mol. The van der Waals surface area contributed by atoms with Crippen LogP contribution in [0, 0.1) is 5.92 Å². The Balaban J connectivity index is 2.44. The minimum Gasteiger partial charge on any atom is -0.389 e. The molecule has 0 unspecified atom stereocenters. The molecule has 3 N–H and O–H groups in total. The molecular formula is C9H19NO. The molecule has 0 aromatic rings. The molecule has 1 rings (SSSR count). The van der Waals surface area contributed by atoms with Crippen molar-refractivity contribution in [2.24, 2.45) is 11.7 Å². The largest absolute Gasteiger partial charge is 0.389 e. The maximum atomic E-state index is 9.86. The van der Waals surface area contributed by atoms with Crippen LogP contribution in [0.15, 0.2) is 0 Å². The fraction of sp³-hybridized carbons (Fsp3) is 1.00. The first-order valence-corrected chi connectivity index (χ1v) is 4.62. The van der Waals surface area contributed by atoms with Crippen LogP contribution in [-0.4, -0.2) is 17.3 Å². The first-order valence-electron chi connectivity index (χ1n) is 4.62. The zero-order chi connectivity index (χ0) is 8.32. The van der Waals surface area contributed by atoms with Crippen molar-refractivity contribution in [3.63, 3.8) is 0 Å². The lowest BCUT2D eigenvalue weighted by molar-refractivity contribution is -0.00839. The molecule has 2 atom stereocenters. The van der Waals surface area contributed by atoms with Gasteiger partial charge in [-0.3, -0.25) is 0 Å². The third-order valence-corrected chi connectivity index (χ3v) is 2.88. The van der Waals surface area contributed by atoms with E-state index >= 15 is 0 Å². The van der Waals surface area contributed by atoms with E-state index in [0.29, 0.717) is 12.5 Å². The van der Waals surface area contributed by atoms with Crippen LogP contribution in [-0.2, 0) is 0 Å². The third kappa shape index (κ3) is 2.17. The van der Waals surface area contributed by atoms with Crippen molar-refractivity contribution in [2.45, 2.75) is 44.6 Å². The average Bonchev–Trinajstić information content (AvgIpc) is 2.05. The summed E-state index contributed by atoms with van der Waals surface area (Å²) < 4.78 is 0. The Labute approximate surface area is 68.8 Å². The van der Waals surface area contributed by atoms with E-state index in [2.05, 4.69) is 6.92 Å². The second-order valence-electron chi connectivity index (χ2n) is 3.80. The van der Waals surface area contributed by atoms with E-state index < -0.39 is 5.60 Å². The molecule has 11 heavy (non-hydrogen) atoms. The molecule has 0 saturated heterocycles. The van der Waals surface area contributed by atoms with Crippen LogP contribution in [0.4, 0.5) is 0 Å². The van der Waals surface area contributed by atoms with Crippen molar-refractivity contribution in [1.29, 1.82) is 0 Å². The summed E-state index contributed by atoms with van der Waals surface area (Å²) in [4.78, 5) is 0. The monoisotopic (exact) mass is 157 g/mol. The SMILES string of the molecule is CC[C@H]1CCC[C@](O)(CN)C1. The van der Waals surface area contributed by atoms with E-state index in [1.54, 1.807) is 0 Å². The predicted octanol–water partition coefficient (Wildman–Crippen LogP) is 1.28. The van der Waals surface area contributed by atoms with Gasteiger partial charge in [-0.05, 0) is 18.8 Å². The van der Waals surface area contributed by atoms with E-state index in [1.165, 1.54) is 12.8 Å². The maximum Gasteiger partial charge on any atom is 0.0772 e. The van der Waals surface area contributed by atoms with E-state index in [9.17, 15) is 5.11 Å². The Morgan fingerprint density at radius 2 is 2.36 bits per heavy atom.